The maximum absolute atomic E-state index is 12.5. The van der Waals surface area contributed by atoms with Crippen molar-refractivity contribution in [2.45, 2.75) is 44.6 Å². The van der Waals surface area contributed by atoms with E-state index in [1.54, 1.807) is 19.2 Å². The van der Waals surface area contributed by atoms with E-state index >= 15 is 0 Å². The fourth-order valence-corrected chi connectivity index (χ4v) is 3.05. The van der Waals surface area contributed by atoms with Gasteiger partial charge in [0.15, 0.2) is 0 Å². The van der Waals surface area contributed by atoms with E-state index < -0.39 is 15.6 Å². The van der Waals surface area contributed by atoms with Gasteiger partial charge in [0.05, 0.1) is 0 Å². The minimum absolute atomic E-state index is 0.221. The molecule has 0 aliphatic heterocycles. The summed E-state index contributed by atoms with van der Waals surface area (Å²) in [5.41, 5.74) is -0.417. The Labute approximate surface area is 116 Å². The first kappa shape index (κ1) is 15.9. The molecule has 1 heterocycles. The van der Waals surface area contributed by atoms with E-state index in [0.717, 1.165) is 13.0 Å². The molecule has 6 heteroatoms. The average molecular weight is 285 g/mol. The predicted octanol–water partition coefficient (Wildman–Crippen LogP) is 2.32. The number of sulfonamides is 1. The zero-order valence-corrected chi connectivity index (χ0v) is 13.1. The molecule has 19 heavy (non-hydrogen) atoms. The summed E-state index contributed by atoms with van der Waals surface area (Å²) in [7, 11) is -1.89. The molecule has 0 aromatic carbocycles. The smallest absolute Gasteiger partial charge is 0.244 e. The maximum Gasteiger partial charge on any atom is 0.244 e. The van der Waals surface area contributed by atoms with Crippen LogP contribution in [-0.2, 0) is 10.0 Å². The Hall–Kier alpha value is -1.14. The summed E-state index contributed by atoms with van der Waals surface area (Å²) in [6.45, 7) is 8.50. The number of hydrogen-bond acceptors (Lipinski definition) is 4. The standard InChI is InChI=1S/C13H23N3O2S/c1-6-13(3,4)16(5)19(17,18)11-8-9-12(14-7-2)15-10-11/h8-10H,6-7H2,1-5H3,(H,14,15). The summed E-state index contributed by atoms with van der Waals surface area (Å²) >= 11 is 0. The Balaban J connectivity index is 3.07. The maximum atomic E-state index is 12.5. The quantitative estimate of drug-likeness (QED) is 0.871. The number of nitrogens with one attached hydrogen (secondary N) is 1. The van der Waals surface area contributed by atoms with Crippen LogP contribution in [0.2, 0.25) is 0 Å². The highest BCUT2D eigenvalue weighted by Gasteiger charge is 2.32. The Morgan fingerprint density at radius 1 is 1.32 bits per heavy atom. The molecule has 0 radical (unpaired) electrons. The van der Waals surface area contributed by atoms with Crippen LogP contribution < -0.4 is 5.32 Å². The van der Waals surface area contributed by atoms with Crippen LogP contribution in [0, 0.1) is 0 Å². The van der Waals surface area contributed by atoms with Crippen LogP contribution in [-0.4, -0.2) is 36.8 Å². The molecular weight excluding hydrogens is 262 g/mol. The zero-order valence-electron chi connectivity index (χ0n) is 12.3. The molecule has 1 aromatic rings. The van der Waals surface area contributed by atoms with Gasteiger partial charge in [-0.25, -0.2) is 13.4 Å². The second-order valence-corrected chi connectivity index (χ2v) is 7.02. The average Bonchev–Trinajstić information content (AvgIpc) is 2.39. The highest BCUT2D eigenvalue weighted by Crippen LogP contribution is 2.25. The molecule has 1 N–H and O–H groups in total. The van der Waals surface area contributed by atoms with Gasteiger partial charge in [-0.3, -0.25) is 0 Å². The van der Waals surface area contributed by atoms with Crippen LogP contribution in [0.25, 0.3) is 0 Å². The van der Waals surface area contributed by atoms with Crippen molar-refractivity contribution in [2.75, 3.05) is 18.9 Å². The van der Waals surface area contributed by atoms with Crippen LogP contribution >= 0.6 is 0 Å². The number of pyridine rings is 1. The van der Waals surface area contributed by atoms with Crippen molar-refractivity contribution >= 4 is 15.8 Å². The van der Waals surface area contributed by atoms with Crippen molar-refractivity contribution in [2.24, 2.45) is 0 Å². The van der Waals surface area contributed by atoms with Crippen molar-refractivity contribution in [3.8, 4) is 0 Å². The number of rotatable bonds is 6. The highest BCUT2D eigenvalue weighted by atomic mass is 32.2. The molecule has 1 rings (SSSR count). The van der Waals surface area contributed by atoms with E-state index in [2.05, 4.69) is 10.3 Å². The summed E-state index contributed by atoms with van der Waals surface area (Å²) in [6.07, 6.45) is 2.14. The van der Waals surface area contributed by atoms with Gasteiger partial charge < -0.3 is 5.32 Å². The summed E-state index contributed by atoms with van der Waals surface area (Å²) in [4.78, 5) is 4.33. The van der Waals surface area contributed by atoms with Crippen molar-refractivity contribution in [3.05, 3.63) is 18.3 Å². The van der Waals surface area contributed by atoms with Crippen molar-refractivity contribution in [3.63, 3.8) is 0 Å². The lowest BCUT2D eigenvalue weighted by Crippen LogP contribution is -2.44. The molecule has 0 aliphatic rings. The Kier molecular flexibility index (Phi) is 4.92. The fourth-order valence-electron chi connectivity index (χ4n) is 1.52. The highest BCUT2D eigenvalue weighted by molar-refractivity contribution is 7.89. The molecule has 0 amide bonds. The summed E-state index contributed by atoms with van der Waals surface area (Å²) < 4.78 is 26.4. The second kappa shape index (κ2) is 5.88. The molecule has 1 aromatic heterocycles. The summed E-state index contributed by atoms with van der Waals surface area (Å²) in [6, 6.07) is 3.27. The first-order chi connectivity index (χ1) is 8.75. The SMILES string of the molecule is CCNc1ccc(S(=O)(=O)N(C)C(C)(C)CC)cn1. The van der Waals surface area contributed by atoms with E-state index in [1.165, 1.54) is 10.5 Å². The first-order valence-corrected chi connectivity index (χ1v) is 7.88. The molecule has 0 bridgehead atoms. The molecule has 0 unspecified atom stereocenters. The van der Waals surface area contributed by atoms with E-state index in [1.807, 2.05) is 27.7 Å². The molecule has 0 atom stereocenters. The Bertz CT molecular complexity index is 509. The van der Waals surface area contributed by atoms with Crippen LogP contribution in [0.15, 0.2) is 23.2 Å². The van der Waals surface area contributed by atoms with Gasteiger partial charge in [-0.1, -0.05) is 6.92 Å². The van der Waals surface area contributed by atoms with Gasteiger partial charge in [0.2, 0.25) is 10.0 Å². The third kappa shape index (κ3) is 3.45. The van der Waals surface area contributed by atoms with Gasteiger partial charge in [-0.05, 0) is 39.3 Å². The molecular formula is C13H23N3O2S. The minimum Gasteiger partial charge on any atom is -0.370 e. The van der Waals surface area contributed by atoms with E-state index in [0.29, 0.717) is 5.82 Å². The molecule has 0 spiro atoms. The first-order valence-electron chi connectivity index (χ1n) is 6.44. The van der Waals surface area contributed by atoms with Crippen LogP contribution in [0.3, 0.4) is 0 Å². The number of hydrogen-bond donors (Lipinski definition) is 1. The predicted molar refractivity (Wildman–Crippen MR) is 77.7 cm³/mol. The fraction of sp³-hybridized carbons (Fsp3) is 0.615. The van der Waals surface area contributed by atoms with E-state index in [4.69, 9.17) is 0 Å². The number of aromatic nitrogens is 1. The monoisotopic (exact) mass is 285 g/mol. The summed E-state index contributed by atoms with van der Waals surface area (Å²) in [5.74, 6) is 0.679. The number of anilines is 1. The lowest BCUT2D eigenvalue weighted by atomic mass is 10.0. The molecule has 0 saturated carbocycles. The third-order valence-corrected chi connectivity index (χ3v) is 5.52. The van der Waals surface area contributed by atoms with Crippen molar-refractivity contribution < 1.29 is 8.42 Å². The van der Waals surface area contributed by atoms with Gasteiger partial charge in [-0.15, -0.1) is 0 Å². The van der Waals surface area contributed by atoms with Crippen molar-refractivity contribution in [1.29, 1.82) is 0 Å². The Morgan fingerprint density at radius 3 is 2.37 bits per heavy atom. The van der Waals surface area contributed by atoms with Gasteiger partial charge in [0.1, 0.15) is 10.7 Å². The van der Waals surface area contributed by atoms with Crippen LogP contribution in [0.4, 0.5) is 5.82 Å². The lowest BCUT2D eigenvalue weighted by Gasteiger charge is -2.33. The van der Waals surface area contributed by atoms with Crippen molar-refractivity contribution in [1.82, 2.24) is 9.29 Å². The third-order valence-electron chi connectivity index (χ3n) is 3.47. The minimum atomic E-state index is -3.50. The van der Waals surface area contributed by atoms with Gasteiger partial charge >= 0.3 is 0 Å². The topological polar surface area (TPSA) is 62.3 Å². The normalized spacial score (nSPS) is 12.7. The van der Waals surface area contributed by atoms with Gasteiger partial charge in [0.25, 0.3) is 0 Å². The molecule has 0 saturated heterocycles. The van der Waals surface area contributed by atoms with E-state index in [9.17, 15) is 8.42 Å². The largest absolute Gasteiger partial charge is 0.370 e. The van der Waals surface area contributed by atoms with Gasteiger partial charge in [-0.2, -0.15) is 4.31 Å². The molecule has 5 nitrogen and oxygen atoms in total. The molecule has 0 fully saturated rings. The lowest BCUT2D eigenvalue weighted by molar-refractivity contribution is 0.257. The Morgan fingerprint density at radius 2 is 1.95 bits per heavy atom. The molecule has 0 aliphatic carbocycles. The summed E-state index contributed by atoms with van der Waals surface area (Å²) in [5, 5.41) is 3.04. The van der Waals surface area contributed by atoms with Gasteiger partial charge in [0, 0.05) is 25.3 Å². The van der Waals surface area contributed by atoms with Crippen LogP contribution in [0.1, 0.15) is 34.1 Å². The molecule has 108 valence electrons. The van der Waals surface area contributed by atoms with E-state index in [-0.39, 0.29) is 4.90 Å². The van der Waals surface area contributed by atoms with Crippen LogP contribution in [0.5, 0.6) is 0 Å². The second-order valence-electron chi connectivity index (χ2n) is 5.05. The zero-order chi connectivity index (χ0) is 14.7. The number of nitrogens with zero attached hydrogens (tertiary/aromatic N) is 2.